The molecular weight excluding hydrogens is 184 g/mol. The topological polar surface area (TPSA) is 9.23 Å². The molecule has 2 aromatic rings. The lowest BCUT2D eigenvalue weighted by Crippen LogP contribution is -1.89. The molecule has 0 aliphatic heterocycles. The number of ether oxygens (including phenoxy) is 1. The minimum absolute atomic E-state index is 0.557. The molecule has 0 saturated carbocycles. The zero-order valence-corrected chi connectivity index (χ0v) is 9.45. The van der Waals surface area contributed by atoms with Crippen LogP contribution in [0.15, 0.2) is 36.4 Å². The monoisotopic (exact) mass is 200 g/mol. The van der Waals surface area contributed by atoms with Crippen molar-refractivity contribution in [1.29, 1.82) is 0 Å². The number of benzene rings is 2. The fourth-order valence-corrected chi connectivity index (χ4v) is 1.92. The lowest BCUT2D eigenvalue weighted by Gasteiger charge is -2.10. The van der Waals surface area contributed by atoms with Crippen molar-refractivity contribution in [3.63, 3.8) is 0 Å². The van der Waals surface area contributed by atoms with Crippen molar-refractivity contribution in [2.45, 2.75) is 19.8 Å². The summed E-state index contributed by atoms with van der Waals surface area (Å²) in [4.78, 5) is 0. The fourth-order valence-electron chi connectivity index (χ4n) is 1.92. The van der Waals surface area contributed by atoms with Crippen molar-refractivity contribution in [3.8, 4) is 5.75 Å². The van der Waals surface area contributed by atoms with Gasteiger partial charge in [-0.15, -0.1) is 0 Å². The molecule has 2 rings (SSSR count). The molecule has 2 aromatic carbocycles. The maximum atomic E-state index is 5.22. The zero-order valence-electron chi connectivity index (χ0n) is 9.45. The normalized spacial score (nSPS) is 10.9. The van der Waals surface area contributed by atoms with Gasteiger partial charge in [-0.1, -0.05) is 38.1 Å². The molecule has 0 unspecified atom stereocenters. The Kier molecular flexibility index (Phi) is 2.63. The first-order valence-electron chi connectivity index (χ1n) is 5.29. The minimum atomic E-state index is 0.557. The highest BCUT2D eigenvalue weighted by Crippen LogP contribution is 2.27. The molecule has 0 bridgehead atoms. The number of rotatable bonds is 2. The van der Waals surface area contributed by atoms with Gasteiger partial charge in [-0.2, -0.15) is 0 Å². The highest BCUT2D eigenvalue weighted by Gasteiger charge is 2.04. The van der Waals surface area contributed by atoms with E-state index in [2.05, 4.69) is 44.2 Å². The maximum absolute atomic E-state index is 5.22. The van der Waals surface area contributed by atoms with E-state index in [9.17, 15) is 0 Å². The smallest absolute Gasteiger partial charge is 0.119 e. The first kappa shape index (κ1) is 10.0. The highest BCUT2D eigenvalue weighted by atomic mass is 16.5. The van der Waals surface area contributed by atoms with Crippen LogP contribution in [0.25, 0.3) is 10.8 Å². The van der Waals surface area contributed by atoms with Crippen LogP contribution in [0.1, 0.15) is 25.3 Å². The van der Waals surface area contributed by atoms with Crippen LogP contribution < -0.4 is 4.74 Å². The van der Waals surface area contributed by atoms with Crippen molar-refractivity contribution >= 4 is 10.8 Å². The molecule has 0 aromatic heterocycles. The van der Waals surface area contributed by atoms with E-state index >= 15 is 0 Å². The molecule has 0 radical (unpaired) electrons. The van der Waals surface area contributed by atoms with Crippen LogP contribution in [-0.4, -0.2) is 7.11 Å². The summed E-state index contributed by atoms with van der Waals surface area (Å²) in [6.45, 7) is 4.44. The lowest BCUT2D eigenvalue weighted by molar-refractivity contribution is 0.415. The molecule has 0 heterocycles. The van der Waals surface area contributed by atoms with Crippen LogP contribution in [-0.2, 0) is 0 Å². The lowest BCUT2D eigenvalue weighted by atomic mass is 9.96. The summed E-state index contributed by atoms with van der Waals surface area (Å²) < 4.78 is 5.22. The average molecular weight is 200 g/mol. The van der Waals surface area contributed by atoms with Gasteiger partial charge in [-0.25, -0.2) is 0 Å². The van der Waals surface area contributed by atoms with Crippen molar-refractivity contribution < 1.29 is 4.74 Å². The molecule has 0 aliphatic rings. The van der Waals surface area contributed by atoms with Gasteiger partial charge in [0.25, 0.3) is 0 Å². The second-order valence-corrected chi connectivity index (χ2v) is 4.09. The molecule has 0 fully saturated rings. The Labute approximate surface area is 90.7 Å². The van der Waals surface area contributed by atoms with Gasteiger partial charge in [0.2, 0.25) is 0 Å². The molecule has 0 spiro atoms. The van der Waals surface area contributed by atoms with Crippen LogP contribution in [0.5, 0.6) is 5.75 Å². The molecule has 0 saturated heterocycles. The summed E-state index contributed by atoms with van der Waals surface area (Å²) in [5.74, 6) is 1.48. The van der Waals surface area contributed by atoms with E-state index in [4.69, 9.17) is 4.74 Å². The summed E-state index contributed by atoms with van der Waals surface area (Å²) in [5.41, 5.74) is 1.40. The van der Waals surface area contributed by atoms with E-state index in [1.807, 2.05) is 6.07 Å². The third-order valence-corrected chi connectivity index (χ3v) is 2.74. The van der Waals surface area contributed by atoms with E-state index < -0.39 is 0 Å². The number of hydrogen-bond acceptors (Lipinski definition) is 1. The third kappa shape index (κ3) is 1.82. The molecule has 0 N–H and O–H groups in total. The van der Waals surface area contributed by atoms with E-state index in [-0.39, 0.29) is 0 Å². The van der Waals surface area contributed by atoms with E-state index in [1.165, 1.54) is 16.3 Å². The summed E-state index contributed by atoms with van der Waals surface area (Å²) >= 11 is 0. The van der Waals surface area contributed by atoms with Crippen molar-refractivity contribution in [1.82, 2.24) is 0 Å². The SMILES string of the molecule is COc1ccc2c(C(C)C)cccc2c1. The van der Waals surface area contributed by atoms with Crippen LogP contribution in [0, 0.1) is 0 Å². The molecule has 1 heteroatoms. The van der Waals surface area contributed by atoms with Crippen LogP contribution in [0.4, 0.5) is 0 Å². The third-order valence-electron chi connectivity index (χ3n) is 2.74. The Morgan fingerprint density at radius 3 is 2.53 bits per heavy atom. The quantitative estimate of drug-likeness (QED) is 0.712. The van der Waals surface area contributed by atoms with E-state index in [0.29, 0.717) is 5.92 Å². The molecule has 0 aliphatic carbocycles. The van der Waals surface area contributed by atoms with Crippen LogP contribution in [0.2, 0.25) is 0 Å². The predicted octanol–water partition coefficient (Wildman–Crippen LogP) is 3.97. The second-order valence-electron chi connectivity index (χ2n) is 4.09. The summed E-state index contributed by atoms with van der Waals surface area (Å²) in [5, 5.41) is 2.58. The summed E-state index contributed by atoms with van der Waals surface area (Å²) in [6, 6.07) is 12.7. The molecule has 15 heavy (non-hydrogen) atoms. The maximum Gasteiger partial charge on any atom is 0.119 e. The average Bonchev–Trinajstić information content (AvgIpc) is 2.27. The van der Waals surface area contributed by atoms with Gasteiger partial charge in [0.1, 0.15) is 5.75 Å². The van der Waals surface area contributed by atoms with Gasteiger partial charge < -0.3 is 4.74 Å². The van der Waals surface area contributed by atoms with Gasteiger partial charge in [0.05, 0.1) is 7.11 Å². The van der Waals surface area contributed by atoms with E-state index in [0.717, 1.165) is 5.75 Å². The summed E-state index contributed by atoms with van der Waals surface area (Å²) in [6.07, 6.45) is 0. The predicted molar refractivity (Wildman–Crippen MR) is 64.6 cm³/mol. The number of fused-ring (bicyclic) bond motifs is 1. The van der Waals surface area contributed by atoms with Crippen molar-refractivity contribution in [2.24, 2.45) is 0 Å². The molecular formula is C14H16O. The Hall–Kier alpha value is -1.50. The largest absolute Gasteiger partial charge is 0.497 e. The van der Waals surface area contributed by atoms with Crippen molar-refractivity contribution in [2.75, 3.05) is 7.11 Å². The van der Waals surface area contributed by atoms with Crippen molar-refractivity contribution in [3.05, 3.63) is 42.0 Å². The standard InChI is InChI=1S/C14H16O/c1-10(2)13-6-4-5-11-9-12(15-3)7-8-14(11)13/h4-10H,1-3H3. The highest BCUT2D eigenvalue weighted by molar-refractivity contribution is 5.87. The molecule has 0 atom stereocenters. The van der Waals surface area contributed by atoms with Crippen LogP contribution in [0.3, 0.4) is 0 Å². The Morgan fingerprint density at radius 2 is 1.87 bits per heavy atom. The Bertz CT molecular complexity index is 472. The van der Waals surface area contributed by atoms with Gasteiger partial charge >= 0.3 is 0 Å². The zero-order chi connectivity index (χ0) is 10.8. The Morgan fingerprint density at radius 1 is 1.07 bits per heavy atom. The minimum Gasteiger partial charge on any atom is -0.497 e. The first-order valence-corrected chi connectivity index (χ1v) is 5.29. The van der Waals surface area contributed by atoms with Gasteiger partial charge in [0, 0.05) is 0 Å². The van der Waals surface area contributed by atoms with E-state index in [1.54, 1.807) is 7.11 Å². The number of methoxy groups -OCH3 is 1. The second kappa shape index (κ2) is 3.93. The fraction of sp³-hybridized carbons (Fsp3) is 0.286. The molecule has 78 valence electrons. The number of hydrogen-bond donors (Lipinski definition) is 0. The van der Waals surface area contributed by atoms with Crippen LogP contribution >= 0.6 is 0 Å². The molecule has 1 nitrogen and oxygen atoms in total. The van der Waals surface area contributed by atoms with Gasteiger partial charge in [0.15, 0.2) is 0 Å². The Balaban J connectivity index is 2.67. The molecule has 0 amide bonds. The summed E-state index contributed by atoms with van der Waals surface area (Å²) in [7, 11) is 1.70. The van der Waals surface area contributed by atoms with Gasteiger partial charge in [-0.3, -0.25) is 0 Å². The van der Waals surface area contributed by atoms with Gasteiger partial charge in [-0.05, 0) is 34.4 Å². The first-order chi connectivity index (χ1) is 7.22.